The van der Waals surface area contributed by atoms with E-state index in [1.54, 1.807) is 13.8 Å². The molecule has 3 atom stereocenters. The fourth-order valence-corrected chi connectivity index (χ4v) is 5.25. The van der Waals surface area contributed by atoms with Crippen molar-refractivity contribution in [3.8, 4) is 0 Å². The molecule has 0 saturated carbocycles. The summed E-state index contributed by atoms with van der Waals surface area (Å²) in [5.41, 5.74) is 5.94. The van der Waals surface area contributed by atoms with Crippen LogP contribution in [0.25, 0.3) is 0 Å². The molecule has 4 N–H and O–H groups in total. The monoisotopic (exact) mass is 510 g/mol. The number of carbonyl (C=O) groups is 1. The van der Waals surface area contributed by atoms with Gasteiger partial charge in [-0.3, -0.25) is 0 Å². The van der Waals surface area contributed by atoms with Gasteiger partial charge in [-0.1, -0.05) is 44.1 Å². The fourth-order valence-electron chi connectivity index (χ4n) is 3.63. The normalized spacial score (nSPS) is 19.9. The van der Waals surface area contributed by atoms with Crippen molar-refractivity contribution in [2.75, 3.05) is 32.0 Å². The van der Waals surface area contributed by atoms with Crippen molar-refractivity contribution in [2.45, 2.75) is 49.8 Å². The molecule has 1 aliphatic rings. The Morgan fingerprint density at radius 3 is 2.54 bits per heavy atom. The molecule has 9 nitrogen and oxygen atoms in total. The van der Waals surface area contributed by atoms with E-state index in [1.165, 1.54) is 24.3 Å². The minimum atomic E-state index is -4.10. The van der Waals surface area contributed by atoms with Crippen molar-refractivity contribution in [1.82, 2.24) is 9.62 Å². The maximum atomic E-state index is 13.5. The third-order valence-corrected chi connectivity index (χ3v) is 7.23. The second-order valence-electron chi connectivity index (χ2n) is 8.80. The molecule has 1 fully saturated rings. The summed E-state index contributed by atoms with van der Waals surface area (Å²) < 4.78 is 78.9. The molecule has 0 aromatic heterocycles. The zero-order chi connectivity index (χ0) is 29.8. The van der Waals surface area contributed by atoms with Crippen molar-refractivity contribution < 1.29 is 34.6 Å². The Balaban J connectivity index is 1.94. The van der Waals surface area contributed by atoms with Gasteiger partial charge in [0.2, 0.25) is 10.0 Å². The zero-order valence-corrected chi connectivity index (χ0v) is 20.6. The van der Waals surface area contributed by atoms with Crippen molar-refractivity contribution in [3.63, 3.8) is 0 Å². The summed E-state index contributed by atoms with van der Waals surface area (Å²) in [6.45, 7) is 3.81. The average molecular weight is 511 g/mol. The predicted molar refractivity (Wildman–Crippen MR) is 133 cm³/mol. The molecule has 0 unspecified atom stereocenters. The minimum absolute atomic E-state index is 0.0367. The van der Waals surface area contributed by atoms with Crippen LogP contribution in [0.3, 0.4) is 0 Å². The van der Waals surface area contributed by atoms with Gasteiger partial charge >= 0.3 is 6.09 Å². The summed E-state index contributed by atoms with van der Waals surface area (Å²) in [4.78, 5) is 12.7. The molecule has 0 radical (unpaired) electrons. The first-order valence-electron chi connectivity index (χ1n) is 13.9. The lowest BCUT2D eigenvalue weighted by molar-refractivity contribution is 0.0644. The molecule has 2 aromatic carbocycles. The number of carbonyl (C=O) groups excluding carboxylic acids is 1. The van der Waals surface area contributed by atoms with Crippen LogP contribution in [-0.2, 0) is 25.9 Å². The average Bonchev–Trinajstić information content (AvgIpc) is 3.40. The minimum Gasteiger partial charge on any atom is -0.444 e. The van der Waals surface area contributed by atoms with Crippen LogP contribution >= 0.6 is 0 Å². The Morgan fingerprint density at radius 1 is 1.26 bits per heavy atom. The first-order chi connectivity index (χ1) is 18.7. The van der Waals surface area contributed by atoms with Crippen LogP contribution in [0.2, 0.25) is 0 Å². The number of aliphatic hydroxyl groups is 1. The Bertz CT molecular complexity index is 1280. The third kappa shape index (κ3) is 7.93. The highest BCUT2D eigenvalue weighted by molar-refractivity contribution is 7.89. The number of hydrogen-bond acceptors (Lipinski definition) is 7. The van der Waals surface area contributed by atoms with Crippen LogP contribution in [0, 0.1) is 5.92 Å². The second kappa shape index (κ2) is 12.3. The predicted octanol–water partition coefficient (Wildman–Crippen LogP) is 2.40. The van der Waals surface area contributed by atoms with Gasteiger partial charge in [-0.05, 0) is 42.2 Å². The third-order valence-electron chi connectivity index (χ3n) is 5.38. The van der Waals surface area contributed by atoms with E-state index in [2.05, 4.69) is 5.32 Å². The van der Waals surface area contributed by atoms with E-state index < -0.39 is 71.1 Å². The lowest BCUT2D eigenvalue weighted by atomic mass is 10.0. The second-order valence-corrected chi connectivity index (χ2v) is 10.7. The van der Waals surface area contributed by atoms with E-state index in [0.717, 1.165) is 4.31 Å². The summed E-state index contributed by atoms with van der Waals surface area (Å²) >= 11 is 0. The molecule has 0 bridgehead atoms. The number of amides is 1. The van der Waals surface area contributed by atoms with Crippen LogP contribution in [-0.4, -0.2) is 68.5 Å². The highest BCUT2D eigenvalue weighted by Gasteiger charge is 2.32. The largest absolute Gasteiger partial charge is 0.444 e. The molecule has 0 aliphatic carbocycles. The highest BCUT2D eigenvalue weighted by Crippen LogP contribution is 2.20. The van der Waals surface area contributed by atoms with Crippen LogP contribution in [0.4, 0.5) is 10.5 Å². The van der Waals surface area contributed by atoms with Gasteiger partial charge < -0.3 is 25.6 Å². The van der Waals surface area contributed by atoms with Gasteiger partial charge in [-0.25, -0.2) is 13.2 Å². The number of ether oxygens (including phenoxy) is 2. The number of aliphatic hydroxyl groups excluding tert-OH is 1. The molecule has 1 amide bonds. The molecule has 1 aliphatic heterocycles. The van der Waals surface area contributed by atoms with Gasteiger partial charge in [-0.15, -0.1) is 0 Å². The maximum absolute atomic E-state index is 13.5. The number of hydrogen-bond donors (Lipinski definition) is 3. The molecule has 2 aromatic rings. The molecule has 1 saturated heterocycles. The van der Waals surface area contributed by atoms with Gasteiger partial charge in [0.05, 0.1) is 37.1 Å². The molecular weight excluding hydrogens is 470 g/mol. The summed E-state index contributed by atoms with van der Waals surface area (Å²) in [7, 11) is -4.10. The van der Waals surface area contributed by atoms with Gasteiger partial charge in [-0.2, -0.15) is 4.31 Å². The van der Waals surface area contributed by atoms with E-state index in [1.807, 2.05) is 0 Å². The number of nitrogens with two attached hydrogens (primary N) is 1. The standard InChI is InChI=1S/C25H35N3O6S/c1-18(2)15-28(35(31,32)22-10-8-20(26)9-11-22)16-24(29)23(14-19-6-4-3-5-7-19)27-25(30)34-21-12-13-33-17-21/h3-11,18,21,23-24,29H,12-17,26H2,1-2H3,(H,27,30)/t21-,23-,24+/m0/s1/i3D,4D,5D,6D,7D. The Labute approximate surface area is 214 Å². The fraction of sp³-hybridized carbons (Fsp3) is 0.480. The summed E-state index contributed by atoms with van der Waals surface area (Å²) in [5, 5.41) is 13.8. The van der Waals surface area contributed by atoms with Crippen LogP contribution in [0.15, 0.2) is 59.4 Å². The smallest absolute Gasteiger partial charge is 0.407 e. The summed E-state index contributed by atoms with van der Waals surface area (Å²) in [6.07, 6.45) is -2.88. The van der Waals surface area contributed by atoms with Crippen molar-refractivity contribution in [3.05, 3.63) is 60.0 Å². The van der Waals surface area contributed by atoms with Gasteiger partial charge in [0.1, 0.15) is 6.10 Å². The molecule has 10 heteroatoms. The number of anilines is 1. The van der Waals surface area contributed by atoms with E-state index in [-0.39, 0.29) is 35.9 Å². The number of sulfonamides is 1. The van der Waals surface area contributed by atoms with Gasteiger partial charge in [0.25, 0.3) is 0 Å². The zero-order valence-electron chi connectivity index (χ0n) is 24.8. The first kappa shape index (κ1) is 20.5. The van der Waals surface area contributed by atoms with E-state index in [4.69, 9.17) is 22.1 Å². The van der Waals surface area contributed by atoms with Crippen LogP contribution in [0.1, 0.15) is 32.7 Å². The van der Waals surface area contributed by atoms with Crippen molar-refractivity contribution in [2.24, 2.45) is 5.92 Å². The SMILES string of the molecule is [2H]c1c([2H])c([2H])c(C[C@H](NC(=O)O[C@H]2CCOC2)[C@H](O)CN(CC(C)C)S(=O)(=O)c2ccc(N)cc2)c([2H])c1[2H]. The molecule has 0 spiro atoms. The number of rotatable bonds is 11. The van der Waals surface area contributed by atoms with E-state index in [0.29, 0.717) is 18.7 Å². The molecule has 192 valence electrons. The topological polar surface area (TPSA) is 131 Å². The number of nitrogen functional groups attached to an aromatic ring is 1. The Hall–Kier alpha value is -2.66. The quantitative estimate of drug-likeness (QED) is 0.396. The first-order valence-corrected chi connectivity index (χ1v) is 12.8. The number of alkyl carbamates (subject to hydrolysis) is 1. The van der Waals surface area contributed by atoms with Crippen LogP contribution < -0.4 is 11.1 Å². The number of benzene rings is 2. The van der Waals surface area contributed by atoms with E-state index in [9.17, 15) is 18.3 Å². The van der Waals surface area contributed by atoms with Gasteiger partial charge in [0.15, 0.2) is 0 Å². The number of nitrogens with zero attached hydrogens (tertiary/aromatic N) is 1. The molecule has 3 rings (SSSR count). The summed E-state index contributed by atoms with van der Waals surface area (Å²) in [5.74, 6) is -0.129. The molecular formula is C25H35N3O6S. The Kier molecular flexibility index (Phi) is 7.24. The summed E-state index contributed by atoms with van der Waals surface area (Å²) in [6, 6.07) is 1.64. The Morgan fingerprint density at radius 2 is 1.94 bits per heavy atom. The number of nitrogens with one attached hydrogen (secondary N) is 1. The van der Waals surface area contributed by atoms with Crippen molar-refractivity contribution >= 4 is 21.8 Å². The lowest BCUT2D eigenvalue weighted by Gasteiger charge is -2.30. The van der Waals surface area contributed by atoms with Crippen LogP contribution in [0.5, 0.6) is 0 Å². The van der Waals surface area contributed by atoms with Crippen molar-refractivity contribution in [1.29, 1.82) is 0 Å². The lowest BCUT2D eigenvalue weighted by Crippen LogP contribution is -2.51. The van der Waals surface area contributed by atoms with Gasteiger partial charge in [0, 0.05) is 25.2 Å². The molecule has 1 heterocycles. The van der Waals surface area contributed by atoms with E-state index >= 15 is 0 Å². The molecule has 35 heavy (non-hydrogen) atoms. The highest BCUT2D eigenvalue weighted by atomic mass is 32.2. The maximum Gasteiger partial charge on any atom is 0.407 e.